The van der Waals surface area contributed by atoms with Crippen LogP contribution in [0, 0.1) is 0 Å². The first-order valence-corrected chi connectivity index (χ1v) is 6.39. The number of para-hydroxylation sites is 1. The molecular weight excluding hydrogens is 274 g/mol. The van der Waals surface area contributed by atoms with Crippen LogP contribution in [-0.2, 0) is 6.61 Å². The van der Waals surface area contributed by atoms with Crippen molar-refractivity contribution in [3.8, 4) is 11.5 Å². The average molecular weight is 287 g/mol. The highest BCUT2D eigenvalue weighted by Crippen LogP contribution is 2.38. The molecule has 108 valence electrons. The molecule has 0 saturated heterocycles. The van der Waals surface area contributed by atoms with Gasteiger partial charge in [-0.1, -0.05) is 6.07 Å². The van der Waals surface area contributed by atoms with E-state index in [1.165, 1.54) is 6.07 Å². The van der Waals surface area contributed by atoms with Crippen LogP contribution >= 0.6 is 0 Å². The molecule has 6 heteroatoms. The number of nitrogens with zero attached hydrogens (tertiary/aromatic N) is 1. The summed E-state index contributed by atoms with van der Waals surface area (Å²) in [6.45, 7) is 0.0853. The number of rotatable bonds is 3. The molecule has 1 aliphatic heterocycles. The summed E-state index contributed by atoms with van der Waals surface area (Å²) in [5, 5.41) is 18.3. The first-order valence-electron chi connectivity index (χ1n) is 6.39. The van der Waals surface area contributed by atoms with Crippen molar-refractivity contribution in [2.24, 2.45) is 0 Å². The first kappa shape index (κ1) is 13.4. The Morgan fingerprint density at radius 3 is 3.00 bits per heavy atom. The summed E-state index contributed by atoms with van der Waals surface area (Å²) in [6.07, 6.45) is 2.82. The number of carboxylic acids is 1. The smallest absolute Gasteiger partial charge is 0.339 e. The van der Waals surface area contributed by atoms with E-state index in [0.717, 1.165) is 5.56 Å². The number of aliphatic hydroxyl groups is 1. The standard InChI is InChI=1S/C15H13NO5/c17-7-9-4-10(6-16-5-9)13-8-20-14-11(15(18)19)2-1-3-12(14)21-13/h1-6,13,17H,7-8H2,(H,18,19). The van der Waals surface area contributed by atoms with Gasteiger partial charge in [0.1, 0.15) is 12.2 Å². The third-order valence-corrected chi connectivity index (χ3v) is 3.23. The van der Waals surface area contributed by atoms with Gasteiger partial charge in [0.05, 0.1) is 6.61 Å². The van der Waals surface area contributed by atoms with Crippen LogP contribution in [0.25, 0.3) is 0 Å². The molecule has 1 atom stereocenters. The maximum absolute atomic E-state index is 11.1. The van der Waals surface area contributed by atoms with Gasteiger partial charge in [0, 0.05) is 18.0 Å². The minimum atomic E-state index is -1.06. The second-order valence-electron chi connectivity index (χ2n) is 4.64. The van der Waals surface area contributed by atoms with Crippen LogP contribution in [0.2, 0.25) is 0 Å². The Kier molecular flexibility index (Phi) is 3.45. The minimum absolute atomic E-state index is 0.0770. The minimum Gasteiger partial charge on any atom is -0.485 e. The Labute approximate surface area is 120 Å². The third kappa shape index (κ3) is 2.53. The number of benzene rings is 1. The second kappa shape index (κ2) is 5.41. The van der Waals surface area contributed by atoms with Crippen LogP contribution in [0.15, 0.2) is 36.7 Å². The van der Waals surface area contributed by atoms with Gasteiger partial charge in [0.2, 0.25) is 0 Å². The molecule has 2 heterocycles. The zero-order valence-corrected chi connectivity index (χ0v) is 11.0. The van der Waals surface area contributed by atoms with E-state index in [1.54, 1.807) is 30.6 Å². The molecule has 1 aliphatic rings. The van der Waals surface area contributed by atoms with E-state index in [-0.39, 0.29) is 30.6 Å². The molecule has 0 spiro atoms. The fourth-order valence-electron chi connectivity index (χ4n) is 2.21. The van der Waals surface area contributed by atoms with Crippen molar-refractivity contribution >= 4 is 5.97 Å². The number of hydrogen-bond donors (Lipinski definition) is 2. The van der Waals surface area contributed by atoms with Crippen LogP contribution in [-0.4, -0.2) is 27.8 Å². The molecule has 0 aliphatic carbocycles. The number of fused-ring (bicyclic) bond motifs is 1. The SMILES string of the molecule is O=C(O)c1cccc2c1OCC(c1cncc(CO)c1)O2. The largest absolute Gasteiger partial charge is 0.485 e. The Balaban J connectivity index is 1.91. The van der Waals surface area contributed by atoms with E-state index in [4.69, 9.17) is 19.7 Å². The van der Waals surface area contributed by atoms with Crippen LogP contribution in [0.5, 0.6) is 11.5 Å². The van der Waals surface area contributed by atoms with Crippen molar-refractivity contribution in [1.82, 2.24) is 4.98 Å². The Morgan fingerprint density at radius 1 is 1.38 bits per heavy atom. The number of ether oxygens (including phenoxy) is 2. The molecule has 1 aromatic heterocycles. The van der Waals surface area contributed by atoms with Gasteiger partial charge in [0.25, 0.3) is 0 Å². The third-order valence-electron chi connectivity index (χ3n) is 3.23. The Morgan fingerprint density at radius 2 is 2.24 bits per heavy atom. The fourth-order valence-corrected chi connectivity index (χ4v) is 2.21. The molecule has 21 heavy (non-hydrogen) atoms. The molecule has 1 unspecified atom stereocenters. The van der Waals surface area contributed by atoms with Gasteiger partial charge in [-0.2, -0.15) is 0 Å². The highest BCUT2D eigenvalue weighted by atomic mass is 16.6. The Bertz CT molecular complexity index is 686. The van der Waals surface area contributed by atoms with E-state index in [0.29, 0.717) is 11.3 Å². The number of aromatic nitrogens is 1. The molecule has 2 aromatic rings. The maximum atomic E-state index is 11.1. The maximum Gasteiger partial charge on any atom is 0.339 e. The first-order chi connectivity index (χ1) is 10.2. The van der Waals surface area contributed by atoms with Gasteiger partial charge in [-0.05, 0) is 23.8 Å². The quantitative estimate of drug-likeness (QED) is 0.894. The second-order valence-corrected chi connectivity index (χ2v) is 4.64. The molecular formula is C15H13NO5. The average Bonchev–Trinajstić information content (AvgIpc) is 2.53. The predicted molar refractivity (Wildman–Crippen MR) is 72.4 cm³/mol. The molecule has 3 rings (SSSR count). The van der Waals surface area contributed by atoms with Crippen molar-refractivity contribution in [3.63, 3.8) is 0 Å². The number of carbonyl (C=O) groups is 1. The van der Waals surface area contributed by atoms with Gasteiger partial charge in [0.15, 0.2) is 17.6 Å². The van der Waals surface area contributed by atoms with Crippen LogP contribution < -0.4 is 9.47 Å². The molecule has 6 nitrogen and oxygen atoms in total. The van der Waals surface area contributed by atoms with E-state index in [1.807, 2.05) is 0 Å². The van der Waals surface area contributed by atoms with Crippen LogP contribution in [0.1, 0.15) is 27.6 Å². The lowest BCUT2D eigenvalue weighted by Crippen LogP contribution is -2.23. The number of hydrogen-bond acceptors (Lipinski definition) is 5. The summed E-state index contributed by atoms with van der Waals surface area (Å²) in [5.41, 5.74) is 1.53. The zero-order valence-electron chi connectivity index (χ0n) is 11.0. The van der Waals surface area contributed by atoms with Crippen molar-refractivity contribution in [2.45, 2.75) is 12.7 Å². The highest BCUT2D eigenvalue weighted by molar-refractivity contribution is 5.92. The topological polar surface area (TPSA) is 88.9 Å². The lowest BCUT2D eigenvalue weighted by molar-refractivity contribution is 0.0659. The van der Waals surface area contributed by atoms with Crippen molar-refractivity contribution < 1.29 is 24.5 Å². The van der Waals surface area contributed by atoms with E-state index < -0.39 is 5.97 Å². The van der Waals surface area contributed by atoms with Crippen molar-refractivity contribution in [1.29, 1.82) is 0 Å². The fraction of sp³-hybridized carbons (Fsp3) is 0.200. The lowest BCUT2D eigenvalue weighted by Gasteiger charge is -2.27. The van der Waals surface area contributed by atoms with Gasteiger partial charge in [-0.25, -0.2) is 4.79 Å². The zero-order chi connectivity index (χ0) is 14.8. The molecule has 1 aromatic carbocycles. The number of pyridine rings is 1. The molecule has 0 fully saturated rings. The van der Waals surface area contributed by atoms with Crippen molar-refractivity contribution in [2.75, 3.05) is 6.61 Å². The number of carboxylic acid groups (broad SMARTS) is 1. The van der Waals surface area contributed by atoms with E-state index in [9.17, 15) is 4.79 Å². The summed E-state index contributed by atoms with van der Waals surface area (Å²) in [6, 6.07) is 6.53. The van der Waals surface area contributed by atoms with Gasteiger partial charge in [-0.3, -0.25) is 4.98 Å². The molecule has 0 radical (unpaired) electrons. The van der Waals surface area contributed by atoms with Gasteiger partial charge in [-0.15, -0.1) is 0 Å². The van der Waals surface area contributed by atoms with Crippen LogP contribution in [0.3, 0.4) is 0 Å². The lowest BCUT2D eigenvalue weighted by atomic mass is 10.1. The molecule has 0 bridgehead atoms. The van der Waals surface area contributed by atoms with E-state index >= 15 is 0 Å². The summed E-state index contributed by atoms with van der Waals surface area (Å²) < 4.78 is 11.4. The normalized spacial score (nSPS) is 16.5. The molecule has 2 N–H and O–H groups in total. The monoisotopic (exact) mass is 287 g/mol. The molecule has 0 amide bonds. The summed E-state index contributed by atoms with van der Waals surface area (Å²) in [4.78, 5) is 15.2. The number of aromatic carboxylic acids is 1. The van der Waals surface area contributed by atoms with Crippen molar-refractivity contribution in [3.05, 3.63) is 53.3 Å². The van der Waals surface area contributed by atoms with Gasteiger partial charge < -0.3 is 19.7 Å². The van der Waals surface area contributed by atoms with E-state index in [2.05, 4.69) is 4.98 Å². The number of aliphatic hydroxyl groups excluding tert-OH is 1. The Hall–Kier alpha value is -2.60. The molecule has 0 saturated carbocycles. The highest BCUT2D eigenvalue weighted by Gasteiger charge is 2.26. The summed E-state index contributed by atoms with van der Waals surface area (Å²) >= 11 is 0. The van der Waals surface area contributed by atoms with Gasteiger partial charge >= 0.3 is 5.97 Å². The predicted octanol–water partition coefficient (Wildman–Crippen LogP) is 1.78. The van der Waals surface area contributed by atoms with Crippen LogP contribution in [0.4, 0.5) is 0 Å². The summed E-state index contributed by atoms with van der Waals surface area (Å²) in [7, 11) is 0. The summed E-state index contributed by atoms with van der Waals surface area (Å²) in [5.74, 6) is -0.425.